The van der Waals surface area contributed by atoms with Crippen LogP contribution >= 0.6 is 0 Å². The first-order valence-electron chi connectivity index (χ1n) is 13.8. The van der Waals surface area contributed by atoms with Crippen LogP contribution in [0.4, 0.5) is 5.69 Å². The van der Waals surface area contributed by atoms with Crippen molar-refractivity contribution in [3.63, 3.8) is 0 Å². The molecule has 0 unspecified atom stereocenters. The predicted molar refractivity (Wildman–Crippen MR) is 143 cm³/mol. The lowest BCUT2D eigenvalue weighted by Gasteiger charge is -2.40. The van der Waals surface area contributed by atoms with Gasteiger partial charge in [0.2, 0.25) is 11.7 Å². The smallest absolute Gasteiger partial charge is 0.250 e. The van der Waals surface area contributed by atoms with E-state index in [1.807, 2.05) is 23.1 Å². The number of amides is 1. The normalized spacial score (nSPS) is 20.1. The molecule has 1 saturated carbocycles. The number of benzene rings is 1. The van der Waals surface area contributed by atoms with Crippen molar-refractivity contribution < 1.29 is 4.79 Å². The summed E-state index contributed by atoms with van der Waals surface area (Å²) in [5, 5.41) is 13.8. The fraction of sp³-hybridized carbons (Fsp3) is 0.517. The third-order valence-electron chi connectivity index (χ3n) is 8.67. The Morgan fingerprint density at radius 3 is 2.65 bits per heavy atom. The highest BCUT2D eigenvalue weighted by Gasteiger charge is 2.52. The minimum absolute atomic E-state index is 0.192. The molecule has 37 heavy (non-hydrogen) atoms. The molecule has 3 aromatic rings. The zero-order valence-corrected chi connectivity index (χ0v) is 21.4. The topological polar surface area (TPSA) is 90.1 Å². The Kier molecular flexibility index (Phi) is 6.56. The largest absolute Gasteiger partial charge is 0.339 e. The number of carbonyl (C=O) groups is 1. The molecule has 1 aromatic carbocycles. The molecule has 3 aliphatic rings. The standard InChI is InChI=1S/C29H35N7O/c30-18-26-32-19-23-17-25(35(27(23)33-26)16-11-22-7-3-1-4-8-22)20-34-21-36(24-9-5-2-6-10-24)29(28(34)37)12-14-31-15-13-29/h2,5-6,9-10,17,19,22,31H,1,3-4,7-8,11-16,20-21H2. The molecule has 1 aliphatic carbocycles. The molecule has 8 nitrogen and oxygen atoms in total. The number of carbonyl (C=O) groups excluding carboxylic acids is 1. The fourth-order valence-corrected chi connectivity index (χ4v) is 6.67. The quantitative estimate of drug-likeness (QED) is 0.549. The highest BCUT2D eigenvalue weighted by molar-refractivity contribution is 5.93. The highest BCUT2D eigenvalue weighted by Crippen LogP contribution is 2.39. The van der Waals surface area contributed by atoms with E-state index in [2.05, 4.69) is 49.0 Å². The van der Waals surface area contributed by atoms with Crippen LogP contribution in [0.1, 0.15) is 62.9 Å². The third-order valence-corrected chi connectivity index (χ3v) is 8.67. The van der Waals surface area contributed by atoms with Crippen LogP contribution in [0.15, 0.2) is 42.6 Å². The van der Waals surface area contributed by atoms with E-state index in [0.29, 0.717) is 13.2 Å². The number of hydrogen-bond acceptors (Lipinski definition) is 6. The molecule has 3 fully saturated rings. The van der Waals surface area contributed by atoms with Gasteiger partial charge in [0, 0.05) is 29.5 Å². The molecule has 8 heteroatoms. The second-order valence-corrected chi connectivity index (χ2v) is 10.9. The van der Waals surface area contributed by atoms with Crippen molar-refractivity contribution >= 4 is 22.6 Å². The number of para-hydroxylation sites is 1. The van der Waals surface area contributed by atoms with Crippen LogP contribution in [-0.4, -0.2) is 50.6 Å². The number of nitriles is 1. The van der Waals surface area contributed by atoms with E-state index >= 15 is 0 Å². The monoisotopic (exact) mass is 497 g/mol. The first-order chi connectivity index (χ1) is 18.2. The molecule has 2 aromatic heterocycles. The Morgan fingerprint density at radius 2 is 1.89 bits per heavy atom. The number of rotatable bonds is 6. The summed E-state index contributed by atoms with van der Waals surface area (Å²) >= 11 is 0. The van der Waals surface area contributed by atoms with Gasteiger partial charge in [-0.3, -0.25) is 4.79 Å². The minimum Gasteiger partial charge on any atom is -0.339 e. The molecule has 1 amide bonds. The lowest BCUT2D eigenvalue weighted by Crippen LogP contribution is -2.55. The molecule has 2 saturated heterocycles. The Morgan fingerprint density at radius 1 is 1.11 bits per heavy atom. The van der Waals surface area contributed by atoms with E-state index in [0.717, 1.165) is 67.2 Å². The maximum absolute atomic E-state index is 14.1. The van der Waals surface area contributed by atoms with Gasteiger partial charge in [0.15, 0.2) is 0 Å². The van der Waals surface area contributed by atoms with E-state index in [9.17, 15) is 10.1 Å². The van der Waals surface area contributed by atoms with Crippen LogP contribution in [0, 0.1) is 17.2 Å². The predicted octanol–water partition coefficient (Wildman–Crippen LogP) is 4.20. The van der Waals surface area contributed by atoms with Crippen molar-refractivity contribution in [1.29, 1.82) is 5.26 Å². The van der Waals surface area contributed by atoms with E-state index in [1.54, 1.807) is 6.20 Å². The van der Waals surface area contributed by atoms with Crippen molar-refractivity contribution in [2.75, 3.05) is 24.7 Å². The summed E-state index contributed by atoms with van der Waals surface area (Å²) in [7, 11) is 0. The Balaban J connectivity index is 1.32. The molecule has 6 rings (SSSR count). The van der Waals surface area contributed by atoms with Crippen molar-refractivity contribution in [3.05, 3.63) is 54.1 Å². The average Bonchev–Trinajstić information content (AvgIpc) is 3.43. The molecule has 0 bridgehead atoms. The molecule has 0 atom stereocenters. The van der Waals surface area contributed by atoms with Crippen LogP contribution in [0.3, 0.4) is 0 Å². The van der Waals surface area contributed by atoms with Gasteiger partial charge < -0.3 is 19.7 Å². The molecule has 192 valence electrons. The van der Waals surface area contributed by atoms with E-state index in [1.165, 1.54) is 32.1 Å². The number of aromatic nitrogens is 3. The van der Waals surface area contributed by atoms with E-state index in [-0.39, 0.29) is 11.7 Å². The Labute approximate surface area is 218 Å². The highest BCUT2D eigenvalue weighted by atomic mass is 16.2. The summed E-state index contributed by atoms with van der Waals surface area (Å²) in [6, 6.07) is 14.5. The second-order valence-electron chi connectivity index (χ2n) is 10.9. The van der Waals surface area contributed by atoms with Crippen LogP contribution in [0.2, 0.25) is 0 Å². The summed E-state index contributed by atoms with van der Waals surface area (Å²) < 4.78 is 2.25. The van der Waals surface area contributed by atoms with Crippen LogP contribution in [0.5, 0.6) is 0 Å². The lowest BCUT2D eigenvalue weighted by atomic mass is 9.86. The van der Waals surface area contributed by atoms with Gasteiger partial charge in [-0.1, -0.05) is 50.3 Å². The minimum atomic E-state index is -0.501. The Bertz CT molecular complexity index is 1300. The first kappa shape index (κ1) is 23.9. The third kappa shape index (κ3) is 4.46. The zero-order chi connectivity index (χ0) is 25.2. The number of aryl methyl sites for hydroxylation is 1. The number of anilines is 1. The first-order valence-corrected chi connectivity index (χ1v) is 13.8. The molecular formula is C29H35N7O. The summed E-state index contributed by atoms with van der Waals surface area (Å²) in [6.45, 7) is 3.64. The van der Waals surface area contributed by atoms with Crippen LogP contribution < -0.4 is 10.2 Å². The van der Waals surface area contributed by atoms with E-state index < -0.39 is 5.54 Å². The summed E-state index contributed by atoms with van der Waals surface area (Å²) in [5.74, 6) is 1.14. The van der Waals surface area contributed by atoms with Crippen LogP contribution in [0.25, 0.3) is 11.0 Å². The molecule has 1 spiro atoms. The zero-order valence-electron chi connectivity index (χ0n) is 21.4. The lowest BCUT2D eigenvalue weighted by molar-refractivity contribution is -0.133. The SMILES string of the molecule is N#Cc1ncc2cc(CN3CN(c4ccccc4)C4(CCNCC4)C3=O)n(CCC3CCCCC3)c2n1. The molecule has 4 heterocycles. The molecular weight excluding hydrogens is 462 g/mol. The van der Waals surface area contributed by atoms with Crippen molar-refractivity contribution in [3.8, 4) is 6.07 Å². The maximum Gasteiger partial charge on any atom is 0.250 e. The van der Waals surface area contributed by atoms with E-state index in [4.69, 9.17) is 0 Å². The van der Waals surface area contributed by atoms with Gasteiger partial charge >= 0.3 is 0 Å². The number of fused-ring (bicyclic) bond motifs is 1. The van der Waals surface area contributed by atoms with Gasteiger partial charge in [-0.15, -0.1) is 0 Å². The van der Waals surface area contributed by atoms with Gasteiger partial charge in [-0.2, -0.15) is 5.26 Å². The Hall–Kier alpha value is -3.44. The van der Waals surface area contributed by atoms with Gasteiger partial charge in [0.1, 0.15) is 17.3 Å². The van der Waals surface area contributed by atoms with Gasteiger partial charge in [0.05, 0.1) is 13.2 Å². The molecule has 2 aliphatic heterocycles. The summed E-state index contributed by atoms with van der Waals surface area (Å²) in [5.41, 5.74) is 2.48. The van der Waals surface area contributed by atoms with Crippen molar-refractivity contribution in [2.24, 2.45) is 5.92 Å². The van der Waals surface area contributed by atoms with Gasteiger partial charge in [-0.25, -0.2) is 9.97 Å². The second kappa shape index (κ2) is 10.1. The number of nitrogens with zero attached hydrogens (tertiary/aromatic N) is 6. The fourth-order valence-electron chi connectivity index (χ4n) is 6.67. The van der Waals surface area contributed by atoms with Crippen molar-refractivity contribution in [1.82, 2.24) is 24.8 Å². The van der Waals surface area contributed by atoms with Crippen molar-refractivity contribution in [2.45, 2.75) is 70.0 Å². The average molecular weight is 498 g/mol. The molecule has 1 N–H and O–H groups in total. The summed E-state index contributed by atoms with van der Waals surface area (Å²) in [4.78, 5) is 27.2. The number of hydrogen-bond donors (Lipinski definition) is 1. The number of piperidine rings is 1. The van der Waals surface area contributed by atoms with Gasteiger partial charge in [0.25, 0.3) is 0 Å². The maximum atomic E-state index is 14.1. The van der Waals surface area contributed by atoms with Crippen LogP contribution in [-0.2, 0) is 17.9 Å². The molecule has 0 radical (unpaired) electrons. The summed E-state index contributed by atoms with van der Waals surface area (Å²) in [6.07, 6.45) is 11.0. The van der Waals surface area contributed by atoms with Gasteiger partial charge in [-0.05, 0) is 56.5 Å². The number of nitrogens with one attached hydrogen (secondary N) is 1.